The molecule has 1 heterocycles. The minimum Gasteiger partial charge on any atom is -0.366 e. The molecule has 1 fully saturated rings. The third-order valence-electron chi connectivity index (χ3n) is 4.93. The molecule has 1 aromatic heterocycles. The van der Waals surface area contributed by atoms with Crippen LogP contribution in [-0.2, 0) is 0 Å². The van der Waals surface area contributed by atoms with Gasteiger partial charge in [-0.15, -0.1) is 0 Å². The first kappa shape index (κ1) is 18.2. The summed E-state index contributed by atoms with van der Waals surface area (Å²) in [7, 11) is 0. The Morgan fingerprint density at radius 1 is 1.22 bits per heavy atom. The number of benzene rings is 2. The Balaban J connectivity index is 1.75. The van der Waals surface area contributed by atoms with Crippen molar-refractivity contribution in [1.29, 1.82) is 0 Å². The molecule has 0 bridgehead atoms. The van der Waals surface area contributed by atoms with Crippen LogP contribution in [0.3, 0.4) is 0 Å². The summed E-state index contributed by atoms with van der Waals surface area (Å²) in [6, 6.07) is 11.2. The van der Waals surface area contributed by atoms with E-state index in [4.69, 9.17) is 4.98 Å². The SMILES string of the molecule is CC[C@@H](Nc1nc(Nc2cc(C)cc(F)c2)nc2c(Br)cccc12)C1CC1. The lowest BCUT2D eigenvalue weighted by Crippen LogP contribution is -2.22. The number of nitrogens with zero attached hydrogens (tertiary/aromatic N) is 2. The molecule has 1 aliphatic carbocycles. The van der Waals surface area contributed by atoms with Gasteiger partial charge < -0.3 is 10.6 Å². The fourth-order valence-corrected chi connectivity index (χ4v) is 3.90. The van der Waals surface area contributed by atoms with Gasteiger partial charge in [-0.1, -0.05) is 13.0 Å². The number of hydrogen-bond acceptors (Lipinski definition) is 4. The summed E-state index contributed by atoms with van der Waals surface area (Å²) in [5.74, 6) is 1.70. The van der Waals surface area contributed by atoms with E-state index in [1.54, 1.807) is 0 Å². The fourth-order valence-electron chi connectivity index (χ4n) is 3.45. The first-order valence-electron chi connectivity index (χ1n) is 9.30. The van der Waals surface area contributed by atoms with E-state index in [0.29, 0.717) is 17.7 Å². The highest BCUT2D eigenvalue weighted by molar-refractivity contribution is 9.10. The van der Waals surface area contributed by atoms with Crippen molar-refractivity contribution in [3.05, 3.63) is 52.3 Å². The minimum absolute atomic E-state index is 0.280. The number of para-hydroxylation sites is 1. The van der Waals surface area contributed by atoms with E-state index in [2.05, 4.69) is 38.5 Å². The number of nitrogens with one attached hydrogen (secondary N) is 2. The second-order valence-corrected chi connectivity index (χ2v) is 8.02. The second kappa shape index (κ2) is 7.43. The molecule has 140 valence electrons. The predicted molar refractivity (Wildman–Crippen MR) is 112 cm³/mol. The van der Waals surface area contributed by atoms with E-state index in [-0.39, 0.29) is 5.82 Å². The maximum absolute atomic E-state index is 13.7. The van der Waals surface area contributed by atoms with E-state index < -0.39 is 0 Å². The van der Waals surface area contributed by atoms with Crippen molar-refractivity contribution in [2.75, 3.05) is 10.6 Å². The molecular weight excluding hydrogens is 407 g/mol. The highest BCUT2D eigenvalue weighted by atomic mass is 79.9. The van der Waals surface area contributed by atoms with Gasteiger partial charge in [-0.3, -0.25) is 0 Å². The number of hydrogen-bond donors (Lipinski definition) is 2. The molecule has 6 heteroatoms. The summed E-state index contributed by atoms with van der Waals surface area (Å²) in [4.78, 5) is 9.37. The summed E-state index contributed by atoms with van der Waals surface area (Å²) in [5, 5.41) is 7.76. The molecule has 0 amide bonds. The third kappa shape index (κ3) is 4.05. The molecule has 2 N–H and O–H groups in total. The number of aromatic nitrogens is 2. The predicted octanol–water partition coefficient (Wildman–Crippen LogP) is 6.18. The summed E-state index contributed by atoms with van der Waals surface area (Å²) in [6.45, 7) is 4.06. The molecular formula is C21H22BrFN4. The van der Waals surface area contributed by atoms with Gasteiger partial charge in [-0.25, -0.2) is 9.37 Å². The fraction of sp³-hybridized carbons (Fsp3) is 0.333. The third-order valence-corrected chi connectivity index (χ3v) is 5.57. The van der Waals surface area contributed by atoms with Gasteiger partial charge >= 0.3 is 0 Å². The number of aryl methyl sites for hydroxylation is 1. The number of halogens is 2. The lowest BCUT2D eigenvalue weighted by atomic mass is 10.1. The van der Waals surface area contributed by atoms with Crippen LogP contribution in [-0.4, -0.2) is 16.0 Å². The van der Waals surface area contributed by atoms with Gasteiger partial charge in [0.25, 0.3) is 0 Å². The largest absolute Gasteiger partial charge is 0.366 e. The molecule has 4 nitrogen and oxygen atoms in total. The number of fused-ring (bicyclic) bond motifs is 1. The number of rotatable bonds is 6. The molecule has 4 rings (SSSR count). The van der Waals surface area contributed by atoms with Crippen molar-refractivity contribution in [1.82, 2.24) is 9.97 Å². The zero-order chi connectivity index (χ0) is 19.0. The Hall–Kier alpha value is -2.21. The lowest BCUT2D eigenvalue weighted by molar-refractivity contribution is 0.615. The van der Waals surface area contributed by atoms with Crippen LogP contribution < -0.4 is 10.6 Å². The van der Waals surface area contributed by atoms with Crippen LogP contribution in [0.25, 0.3) is 10.9 Å². The van der Waals surface area contributed by atoms with Gasteiger partial charge in [0.05, 0.1) is 5.52 Å². The summed E-state index contributed by atoms with van der Waals surface area (Å²) in [5.41, 5.74) is 2.31. The average molecular weight is 429 g/mol. The average Bonchev–Trinajstić information content (AvgIpc) is 3.44. The first-order chi connectivity index (χ1) is 13.0. The van der Waals surface area contributed by atoms with Crippen LogP contribution in [0.2, 0.25) is 0 Å². The van der Waals surface area contributed by atoms with Gasteiger partial charge in [-0.2, -0.15) is 4.98 Å². The Labute approximate surface area is 166 Å². The first-order valence-corrected chi connectivity index (χ1v) is 10.1. The van der Waals surface area contributed by atoms with Crippen molar-refractivity contribution >= 4 is 44.3 Å². The van der Waals surface area contributed by atoms with Crippen molar-refractivity contribution in [2.24, 2.45) is 5.92 Å². The summed E-state index contributed by atoms with van der Waals surface area (Å²) < 4.78 is 14.6. The van der Waals surface area contributed by atoms with E-state index in [9.17, 15) is 4.39 Å². The van der Waals surface area contributed by atoms with Crippen molar-refractivity contribution in [2.45, 2.75) is 39.2 Å². The molecule has 0 aliphatic heterocycles. The van der Waals surface area contributed by atoms with E-state index >= 15 is 0 Å². The van der Waals surface area contributed by atoms with Crippen molar-refractivity contribution < 1.29 is 4.39 Å². The Morgan fingerprint density at radius 2 is 2.04 bits per heavy atom. The van der Waals surface area contributed by atoms with Gasteiger partial charge in [0, 0.05) is 21.6 Å². The molecule has 0 spiro atoms. The van der Waals surface area contributed by atoms with Crippen molar-refractivity contribution in [3.63, 3.8) is 0 Å². The Morgan fingerprint density at radius 3 is 2.74 bits per heavy atom. The molecule has 2 aromatic carbocycles. The zero-order valence-corrected chi connectivity index (χ0v) is 17.0. The second-order valence-electron chi connectivity index (χ2n) is 7.17. The highest BCUT2D eigenvalue weighted by Crippen LogP contribution is 2.37. The van der Waals surface area contributed by atoms with E-state index in [1.165, 1.54) is 25.0 Å². The summed E-state index contributed by atoms with van der Waals surface area (Å²) in [6.07, 6.45) is 3.59. The topological polar surface area (TPSA) is 49.8 Å². The maximum Gasteiger partial charge on any atom is 0.229 e. The van der Waals surface area contributed by atoms with Crippen LogP contribution in [0.4, 0.5) is 21.8 Å². The molecule has 0 radical (unpaired) electrons. The Kier molecular flexibility index (Phi) is 5.00. The van der Waals surface area contributed by atoms with Gasteiger partial charge in [0.2, 0.25) is 5.95 Å². The Bertz CT molecular complexity index is 967. The molecule has 1 aliphatic rings. The van der Waals surface area contributed by atoms with Crippen LogP contribution in [0.15, 0.2) is 40.9 Å². The van der Waals surface area contributed by atoms with Gasteiger partial charge in [0.15, 0.2) is 0 Å². The van der Waals surface area contributed by atoms with Gasteiger partial charge in [-0.05, 0) is 83.9 Å². The van der Waals surface area contributed by atoms with E-state index in [0.717, 1.165) is 39.1 Å². The monoisotopic (exact) mass is 428 g/mol. The summed E-state index contributed by atoms with van der Waals surface area (Å²) >= 11 is 3.59. The molecule has 3 aromatic rings. The molecule has 1 atom stereocenters. The zero-order valence-electron chi connectivity index (χ0n) is 15.4. The lowest BCUT2D eigenvalue weighted by Gasteiger charge is -2.19. The number of anilines is 3. The van der Waals surface area contributed by atoms with Crippen LogP contribution in [0.5, 0.6) is 0 Å². The van der Waals surface area contributed by atoms with Crippen LogP contribution in [0.1, 0.15) is 31.7 Å². The van der Waals surface area contributed by atoms with Crippen molar-refractivity contribution in [3.8, 4) is 0 Å². The molecule has 0 saturated heterocycles. The molecule has 1 saturated carbocycles. The maximum atomic E-state index is 13.7. The van der Waals surface area contributed by atoms with Gasteiger partial charge in [0.1, 0.15) is 11.6 Å². The molecule has 27 heavy (non-hydrogen) atoms. The smallest absolute Gasteiger partial charge is 0.229 e. The normalized spacial score (nSPS) is 15.0. The standard InChI is InChI=1S/C21H22BrFN4/c1-3-18(13-7-8-13)25-20-16-5-4-6-17(22)19(16)26-21(27-20)24-15-10-12(2)9-14(23)11-15/h4-6,9-11,13,18H,3,7-8H2,1-2H3,(H2,24,25,26,27)/t18-/m1/s1. The van der Waals surface area contributed by atoms with E-state index in [1.807, 2.05) is 31.2 Å². The van der Waals surface area contributed by atoms with Crippen LogP contribution in [0, 0.1) is 18.7 Å². The molecule has 0 unspecified atom stereocenters. The minimum atomic E-state index is -0.280. The highest BCUT2D eigenvalue weighted by Gasteiger charge is 2.30. The quantitative estimate of drug-likeness (QED) is 0.491. The van der Waals surface area contributed by atoms with Crippen LogP contribution >= 0.6 is 15.9 Å².